The lowest BCUT2D eigenvalue weighted by molar-refractivity contribution is 0.427. The molecule has 0 radical (unpaired) electrons. The van der Waals surface area contributed by atoms with Crippen LogP contribution in [0.3, 0.4) is 0 Å². The number of nitrogens with zero attached hydrogens (tertiary/aromatic N) is 1. The Kier molecular flexibility index (Phi) is 5.96. The summed E-state index contributed by atoms with van der Waals surface area (Å²) in [5.41, 5.74) is 0.902. The highest BCUT2D eigenvalue weighted by molar-refractivity contribution is 7.89. The van der Waals surface area contributed by atoms with Gasteiger partial charge in [-0.25, -0.2) is 13.1 Å². The quantitative estimate of drug-likeness (QED) is 0.881. The molecule has 0 saturated carbocycles. The Morgan fingerprint density at radius 1 is 1.35 bits per heavy atom. The number of rotatable bonds is 3. The number of hydrogen-bond donors (Lipinski definition) is 2. The van der Waals surface area contributed by atoms with Crippen molar-refractivity contribution in [3.8, 4) is 6.07 Å². The number of sulfonamides is 1. The molecule has 1 aromatic rings. The molecule has 1 saturated heterocycles. The van der Waals surface area contributed by atoms with Crippen LogP contribution in [0.2, 0.25) is 0 Å². The third-order valence-corrected chi connectivity index (χ3v) is 4.86. The van der Waals surface area contributed by atoms with Gasteiger partial charge in [0.2, 0.25) is 10.0 Å². The van der Waals surface area contributed by atoms with E-state index >= 15 is 0 Å². The molecule has 5 nitrogen and oxygen atoms in total. The van der Waals surface area contributed by atoms with E-state index in [4.69, 9.17) is 5.26 Å². The highest BCUT2D eigenvalue weighted by atomic mass is 35.5. The summed E-state index contributed by atoms with van der Waals surface area (Å²) >= 11 is 0. The average molecular weight is 316 g/mol. The number of nitriles is 1. The van der Waals surface area contributed by atoms with Crippen molar-refractivity contribution in [3.05, 3.63) is 29.3 Å². The molecule has 2 N–H and O–H groups in total. The van der Waals surface area contributed by atoms with Gasteiger partial charge in [0.15, 0.2) is 0 Å². The molecule has 20 heavy (non-hydrogen) atoms. The molecule has 1 fully saturated rings. The van der Waals surface area contributed by atoms with E-state index in [0.717, 1.165) is 25.9 Å². The second-order valence-corrected chi connectivity index (χ2v) is 6.39. The van der Waals surface area contributed by atoms with Crippen LogP contribution in [0, 0.1) is 18.3 Å². The first-order valence-corrected chi connectivity index (χ1v) is 7.75. The zero-order chi connectivity index (χ0) is 13.9. The van der Waals surface area contributed by atoms with Gasteiger partial charge in [-0.05, 0) is 44.5 Å². The summed E-state index contributed by atoms with van der Waals surface area (Å²) in [7, 11) is -3.63. The van der Waals surface area contributed by atoms with Crippen molar-refractivity contribution in [1.82, 2.24) is 10.0 Å². The number of hydrogen-bond acceptors (Lipinski definition) is 4. The Morgan fingerprint density at radius 2 is 2.00 bits per heavy atom. The fourth-order valence-corrected chi connectivity index (χ4v) is 3.77. The molecule has 2 rings (SSSR count). The van der Waals surface area contributed by atoms with E-state index < -0.39 is 10.0 Å². The van der Waals surface area contributed by atoms with Crippen LogP contribution in [0.25, 0.3) is 0 Å². The van der Waals surface area contributed by atoms with Gasteiger partial charge in [-0.1, -0.05) is 12.1 Å². The van der Waals surface area contributed by atoms with Crippen molar-refractivity contribution in [3.63, 3.8) is 0 Å². The van der Waals surface area contributed by atoms with E-state index in [1.807, 2.05) is 6.07 Å². The molecule has 0 unspecified atom stereocenters. The first-order chi connectivity index (χ1) is 9.04. The van der Waals surface area contributed by atoms with Gasteiger partial charge in [-0.15, -0.1) is 12.4 Å². The Labute approximate surface area is 125 Å². The second kappa shape index (κ2) is 7.04. The summed E-state index contributed by atoms with van der Waals surface area (Å²) in [6.45, 7) is 3.36. The Morgan fingerprint density at radius 3 is 2.60 bits per heavy atom. The Balaban J connectivity index is 0.00000200. The topological polar surface area (TPSA) is 82.0 Å². The normalized spacial score (nSPS) is 16.2. The smallest absolute Gasteiger partial charge is 0.242 e. The highest BCUT2D eigenvalue weighted by Gasteiger charge is 2.24. The van der Waals surface area contributed by atoms with Gasteiger partial charge in [0, 0.05) is 6.04 Å². The summed E-state index contributed by atoms with van der Waals surface area (Å²) in [6.07, 6.45) is 1.54. The van der Waals surface area contributed by atoms with E-state index in [1.54, 1.807) is 19.1 Å². The van der Waals surface area contributed by atoms with Crippen molar-refractivity contribution in [2.75, 3.05) is 13.1 Å². The van der Waals surface area contributed by atoms with Gasteiger partial charge >= 0.3 is 0 Å². The maximum absolute atomic E-state index is 12.3. The average Bonchev–Trinajstić information content (AvgIpc) is 2.39. The summed E-state index contributed by atoms with van der Waals surface area (Å²) < 4.78 is 27.4. The van der Waals surface area contributed by atoms with Crippen LogP contribution >= 0.6 is 12.4 Å². The van der Waals surface area contributed by atoms with Crippen LogP contribution < -0.4 is 10.0 Å². The lowest BCUT2D eigenvalue weighted by Gasteiger charge is -2.23. The van der Waals surface area contributed by atoms with Crippen molar-refractivity contribution < 1.29 is 8.42 Å². The number of nitrogens with one attached hydrogen (secondary N) is 2. The summed E-state index contributed by atoms with van der Waals surface area (Å²) in [4.78, 5) is 0.0773. The maximum atomic E-state index is 12.3. The predicted molar refractivity (Wildman–Crippen MR) is 79.4 cm³/mol. The highest BCUT2D eigenvalue weighted by Crippen LogP contribution is 2.19. The monoisotopic (exact) mass is 315 g/mol. The third kappa shape index (κ3) is 3.70. The Hall–Kier alpha value is -1.13. The zero-order valence-corrected chi connectivity index (χ0v) is 12.9. The van der Waals surface area contributed by atoms with Gasteiger partial charge in [-0.3, -0.25) is 0 Å². The fraction of sp³-hybridized carbons (Fsp3) is 0.462. The van der Waals surface area contributed by atoms with Crippen LogP contribution in [-0.4, -0.2) is 27.5 Å². The molecule has 7 heteroatoms. The molecule has 0 atom stereocenters. The molecule has 1 aromatic carbocycles. The van der Waals surface area contributed by atoms with Crippen LogP contribution in [0.15, 0.2) is 23.1 Å². The standard InChI is InChI=1S/C13H17N3O2S.ClH/c1-10-3-2-4-13(12(10)9-14)19(17,18)16-11-5-7-15-8-6-11;/h2-4,11,15-16H,5-8H2,1H3;1H. The number of benzene rings is 1. The van der Waals surface area contributed by atoms with Crippen LogP contribution in [0.5, 0.6) is 0 Å². The molecule has 0 aromatic heterocycles. The lowest BCUT2D eigenvalue weighted by Crippen LogP contribution is -2.42. The molecular formula is C13H18ClN3O2S. The van der Waals surface area contributed by atoms with Crippen molar-refractivity contribution >= 4 is 22.4 Å². The Bertz CT molecular complexity index is 605. The van der Waals surface area contributed by atoms with E-state index in [9.17, 15) is 8.42 Å². The summed E-state index contributed by atoms with van der Waals surface area (Å²) in [5.74, 6) is 0. The number of halogens is 1. The maximum Gasteiger partial charge on any atom is 0.242 e. The van der Waals surface area contributed by atoms with Crippen molar-refractivity contribution in [1.29, 1.82) is 5.26 Å². The minimum atomic E-state index is -3.63. The van der Waals surface area contributed by atoms with Crippen LogP contribution in [0.1, 0.15) is 24.0 Å². The molecule has 1 heterocycles. The van der Waals surface area contributed by atoms with Crippen molar-refractivity contribution in [2.24, 2.45) is 0 Å². The SMILES string of the molecule is Cc1cccc(S(=O)(=O)NC2CCNCC2)c1C#N.Cl. The van der Waals surface area contributed by atoms with E-state index in [1.165, 1.54) is 6.07 Å². The molecule has 0 bridgehead atoms. The lowest BCUT2D eigenvalue weighted by atomic mass is 10.1. The first-order valence-electron chi connectivity index (χ1n) is 6.27. The second-order valence-electron chi connectivity index (χ2n) is 4.71. The third-order valence-electron chi connectivity index (χ3n) is 3.30. The van der Waals surface area contributed by atoms with Gasteiger partial charge in [0.05, 0.1) is 5.56 Å². The first kappa shape index (κ1) is 16.9. The van der Waals surface area contributed by atoms with Crippen LogP contribution in [0.4, 0.5) is 0 Å². The van der Waals surface area contributed by atoms with E-state index in [0.29, 0.717) is 5.56 Å². The van der Waals surface area contributed by atoms with Gasteiger partial charge in [-0.2, -0.15) is 5.26 Å². The zero-order valence-electron chi connectivity index (χ0n) is 11.2. The largest absolute Gasteiger partial charge is 0.317 e. The number of aryl methyl sites for hydroxylation is 1. The van der Waals surface area contributed by atoms with Gasteiger partial charge < -0.3 is 5.32 Å². The van der Waals surface area contributed by atoms with E-state index in [2.05, 4.69) is 10.0 Å². The van der Waals surface area contributed by atoms with Crippen LogP contribution in [-0.2, 0) is 10.0 Å². The molecular weight excluding hydrogens is 298 g/mol. The number of piperidine rings is 1. The minimum absolute atomic E-state index is 0. The van der Waals surface area contributed by atoms with Gasteiger partial charge in [0.25, 0.3) is 0 Å². The summed E-state index contributed by atoms with van der Waals surface area (Å²) in [5, 5.41) is 12.3. The molecule has 0 aliphatic carbocycles. The molecule has 0 amide bonds. The molecule has 1 aliphatic heterocycles. The predicted octanol–water partition coefficient (Wildman–Crippen LogP) is 1.32. The molecule has 0 spiro atoms. The molecule has 1 aliphatic rings. The summed E-state index contributed by atoms with van der Waals surface area (Å²) in [6, 6.07) is 6.80. The molecule has 110 valence electrons. The van der Waals surface area contributed by atoms with Gasteiger partial charge in [0.1, 0.15) is 11.0 Å². The van der Waals surface area contributed by atoms with E-state index in [-0.39, 0.29) is 28.9 Å². The fourth-order valence-electron chi connectivity index (χ4n) is 2.23. The minimum Gasteiger partial charge on any atom is -0.317 e. The van der Waals surface area contributed by atoms with Crippen molar-refractivity contribution in [2.45, 2.75) is 30.7 Å².